The Labute approximate surface area is 130 Å². The van der Waals surface area contributed by atoms with Crippen LogP contribution in [0.4, 0.5) is 4.39 Å². The molecule has 0 bridgehead atoms. The average molecular weight is 297 g/mol. The van der Waals surface area contributed by atoms with E-state index < -0.39 is 11.0 Å². The van der Waals surface area contributed by atoms with Crippen LogP contribution in [-0.4, -0.2) is 5.91 Å². The Kier molecular flexibility index (Phi) is 3.51. The first-order chi connectivity index (χ1) is 10.4. The van der Waals surface area contributed by atoms with Crippen molar-refractivity contribution in [2.45, 2.75) is 37.6 Å². The third kappa shape index (κ3) is 2.63. The molecule has 2 aromatic rings. The van der Waals surface area contributed by atoms with Gasteiger partial charge in [-0.25, -0.2) is 4.39 Å². The summed E-state index contributed by atoms with van der Waals surface area (Å²) in [5.74, 6) is -0.314. The fourth-order valence-electron chi connectivity index (χ4n) is 2.89. The second-order valence-electron chi connectivity index (χ2n) is 6.54. The predicted octanol–water partition coefficient (Wildman–Crippen LogP) is 3.91. The van der Waals surface area contributed by atoms with E-state index in [1.54, 1.807) is 6.07 Å². The molecule has 1 aliphatic carbocycles. The van der Waals surface area contributed by atoms with E-state index in [2.05, 4.69) is 5.32 Å². The number of hydrogen-bond acceptors (Lipinski definition) is 1. The second-order valence-corrected chi connectivity index (χ2v) is 6.54. The third-order valence-electron chi connectivity index (χ3n) is 4.48. The number of benzene rings is 2. The standard InChI is InChI=1S/C19H20FNO/c1-18(2,14-7-4-3-5-8-14)21-17(22)19(11-12-19)15-9-6-10-16(20)13-15/h3-10,13H,11-12H2,1-2H3,(H,21,22). The quantitative estimate of drug-likeness (QED) is 0.911. The molecule has 0 spiro atoms. The normalized spacial score (nSPS) is 16.1. The Bertz CT molecular complexity index is 690. The van der Waals surface area contributed by atoms with Crippen LogP contribution in [0.5, 0.6) is 0 Å². The molecule has 0 unspecified atom stereocenters. The summed E-state index contributed by atoms with van der Waals surface area (Å²) in [4.78, 5) is 12.8. The van der Waals surface area contributed by atoms with Gasteiger partial charge in [0, 0.05) is 0 Å². The van der Waals surface area contributed by atoms with E-state index in [9.17, 15) is 9.18 Å². The molecule has 0 saturated heterocycles. The number of amides is 1. The fourth-order valence-corrected chi connectivity index (χ4v) is 2.89. The Hall–Kier alpha value is -2.16. The largest absolute Gasteiger partial charge is 0.346 e. The molecule has 0 aromatic heterocycles. The first kappa shape index (κ1) is 14.8. The Morgan fingerprint density at radius 3 is 2.36 bits per heavy atom. The molecule has 0 heterocycles. The first-order valence-corrected chi connectivity index (χ1v) is 7.58. The minimum absolute atomic E-state index is 0.0213. The van der Waals surface area contributed by atoms with Crippen LogP contribution in [0.3, 0.4) is 0 Å². The van der Waals surface area contributed by atoms with Gasteiger partial charge in [0.15, 0.2) is 0 Å². The van der Waals surface area contributed by atoms with E-state index in [1.807, 2.05) is 50.2 Å². The molecule has 0 aliphatic heterocycles. The topological polar surface area (TPSA) is 29.1 Å². The number of carbonyl (C=O) groups is 1. The smallest absolute Gasteiger partial charge is 0.231 e. The van der Waals surface area contributed by atoms with Crippen LogP contribution in [-0.2, 0) is 15.7 Å². The maximum atomic E-state index is 13.5. The van der Waals surface area contributed by atoms with Crippen molar-refractivity contribution < 1.29 is 9.18 Å². The third-order valence-corrected chi connectivity index (χ3v) is 4.48. The van der Waals surface area contributed by atoms with Crippen LogP contribution in [0.15, 0.2) is 54.6 Å². The summed E-state index contributed by atoms with van der Waals surface area (Å²) in [6.45, 7) is 3.98. The van der Waals surface area contributed by atoms with E-state index in [0.29, 0.717) is 0 Å². The van der Waals surface area contributed by atoms with Gasteiger partial charge in [0.2, 0.25) is 5.91 Å². The molecule has 1 amide bonds. The van der Waals surface area contributed by atoms with Crippen LogP contribution in [0, 0.1) is 5.82 Å². The summed E-state index contributed by atoms with van der Waals surface area (Å²) < 4.78 is 13.5. The van der Waals surface area contributed by atoms with Crippen molar-refractivity contribution in [1.29, 1.82) is 0 Å². The van der Waals surface area contributed by atoms with Crippen molar-refractivity contribution in [2.75, 3.05) is 0 Å². The minimum atomic E-state index is -0.561. The molecule has 2 aromatic carbocycles. The molecule has 3 heteroatoms. The number of nitrogens with one attached hydrogen (secondary N) is 1. The summed E-state index contributed by atoms with van der Waals surface area (Å²) in [5.41, 5.74) is 0.808. The van der Waals surface area contributed by atoms with Gasteiger partial charge in [-0.3, -0.25) is 4.79 Å². The maximum absolute atomic E-state index is 13.5. The van der Waals surface area contributed by atoms with Crippen LogP contribution in [0.1, 0.15) is 37.8 Å². The van der Waals surface area contributed by atoms with Gasteiger partial charge in [0.25, 0.3) is 0 Å². The van der Waals surface area contributed by atoms with E-state index in [4.69, 9.17) is 0 Å². The van der Waals surface area contributed by atoms with Gasteiger partial charge in [-0.05, 0) is 49.9 Å². The molecule has 0 radical (unpaired) electrons. The zero-order chi connectivity index (χ0) is 15.8. The molecule has 1 aliphatic rings. The Balaban J connectivity index is 1.83. The van der Waals surface area contributed by atoms with Crippen molar-refractivity contribution in [3.8, 4) is 0 Å². The summed E-state index contributed by atoms with van der Waals surface area (Å²) in [6, 6.07) is 16.3. The first-order valence-electron chi connectivity index (χ1n) is 7.58. The summed E-state index contributed by atoms with van der Waals surface area (Å²) in [5, 5.41) is 3.13. The van der Waals surface area contributed by atoms with E-state index in [0.717, 1.165) is 24.0 Å². The second kappa shape index (κ2) is 5.24. The van der Waals surface area contributed by atoms with Crippen molar-refractivity contribution in [3.05, 3.63) is 71.5 Å². The lowest BCUT2D eigenvalue weighted by atomic mass is 9.90. The fraction of sp³-hybridized carbons (Fsp3) is 0.316. The number of rotatable bonds is 4. The molecule has 3 rings (SSSR count). The van der Waals surface area contributed by atoms with E-state index in [1.165, 1.54) is 12.1 Å². The maximum Gasteiger partial charge on any atom is 0.231 e. The monoisotopic (exact) mass is 297 g/mol. The van der Waals surface area contributed by atoms with Gasteiger partial charge < -0.3 is 5.32 Å². The lowest BCUT2D eigenvalue weighted by Gasteiger charge is -2.29. The molecular formula is C19H20FNO. The molecular weight excluding hydrogens is 277 g/mol. The van der Waals surface area contributed by atoms with E-state index in [-0.39, 0.29) is 11.7 Å². The summed E-state index contributed by atoms with van der Waals surface area (Å²) >= 11 is 0. The van der Waals surface area contributed by atoms with Crippen LogP contribution in [0.25, 0.3) is 0 Å². The van der Waals surface area contributed by atoms with E-state index >= 15 is 0 Å². The molecule has 114 valence electrons. The average Bonchev–Trinajstić information content (AvgIpc) is 3.29. The van der Waals surface area contributed by atoms with Crippen molar-refractivity contribution in [1.82, 2.24) is 5.32 Å². The van der Waals surface area contributed by atoms with Gasteiger partial charge in [-0.2, -0.15) is 0 Å². The summed E-state index contributed by atoms with van der Waals surface area (Å²) in [7, 11) is 0. The highest BCUT2D eigenvalue weighted by Gasteiger charge is 2.52. The van der Waals surface area contributed by atoms with Gasteiger partial charge in [-0.15, -0.1) is 0 Å². The molecule has 0 atom stereocenters. The lowest BCUT2D eigenvalue weighted by Crippen LogP contribution is -2.46. The lowest BCUT2D eigenvalue weighted by molar-refractivity contribution is -0.125. The number of carbonyl (C=O) groups excluding carboxylic acids is 1. The number of hydrogen-bond donors (Lipinski definition) is 1. The Morgan fingerprint density at radius 2 is 1.77 bits per heavy atom. The predicted molar refractivity (Wildman–Crippen MR) is 84.9 cm³/mol. The van der Waals surface area contributed by atoms with Crippen LogP contribution < -0.4 is 5.32 Å². The highest BCUT2D eigenvalue weighted by molar-refractivity contribution is 5.91. The van der Waals surface area contributed by atoms with Crippen molar-refractivity contribution in [3.63, 3.8) is 0 Å². The number of halogens is 1. The van der Waals surface area contributed by atoms with Gasteiger partial charge in [-0.1, -0.05) is 42.5 Å². The van der Waals surface area contributed by atoms with Gasteiger partial charge in [0.05, 0.1) is 11.0 Å². The zero-order valence-corrected chi connectivity index (χ0v) is 12.9. The van der Waals surface area contributed by atoms with Gasteiger partial charge >= 0.3 is 0 Å². The van der Waals surface area contributed by atoms with Crippen LogP contribution >= 0.6 is 0 Å². The highest BCUT2D eigenvalue weighted by atomic mass is 19.1. The molecule has 1 saturated carbocycles. The molecule has 2 nitrogen and oxygen atoms in total. The SMILES string of the molecule is CC(C)(NC(=O)C1(c2cccc(F)c2)CC1)c1ccccc1. The molecule has 1 fully saturated rings. The molecule has 1 N–H and O–H groups in total. The van der Waals surface area contributed by atoms with Gasteiger partial charge in [0.1, 0.15) is 5.82 Å². The summed E-state index contributed by atoms with van der Waals surface area (Å²) in [6.07, 6.45) is 1.54. The van der Waals surface area contributed by atoms with Crippen molar-refractivity contribution in [2.24, 2.45) is 0 Å². The van der Waals surface area contributed by atoms with Crippen LogP contribution in [0.2, 0.25) is 0 Å². The highest BCUT2D eigenvalue weighted by Crippen LogP contribution is 2.49. The zero-order valence-electron chi connectivity index (χ0n) is 12.9. The van der Waals surface area contributed by atoms with Crippen molar-refractivity contribution >= 4 is 5.91 Å². The molecule has 22 heavy (non-hydrogen) atoms. The minimum Gasteiger partial charge on any atom is -0.346 e. The Morgan fingerprint density at radius 1 is 1.09 bits per heavy atom.